The number of hydrogen-bond acceptors (Lipinski definition) is 3. The van der Waals surface area contributed by atoms with E-state index in [-0.39, 0.29) is 18.7 Å². The molecule has 0 aromatic heterocycles. The molecule has 1 rings (SSSR count). The summed E-state index contributed by atoms with van der Waals surface area (Å²) < 4.78 is 25.9. The topological polar surface area (TPSA) is 47.3 Å². The van der Waals surface area contributed by atoms with E-state index in [2.05, 4.69) is 0 Å². The quantitative estimate of drug-likeness (QED) is 0.790. The second kappa shape index (κ2) is 5.54. The molecule has 1 N–H and O–H groups in total. The summed E-state index contributed by atoms with van der Waals surface area (Å²) in [4.78, 5) is 1.55. The van der Waals surface area contributed by atoms with Crippen LogP contribution in [0.5, 0.6) is 0 Å². The van der Waals surface area contributed by atoms with Crippen LogP contribution in [0.1, 0.15) is 11.7 Å². The van der Waals surface area contributed by atoms with Crippen molar-refractivity contribution < 1.29 is 13.9 Å². The Morgan fingerprint density at radius 2 is 2.19 bits per heavy atom. The van der Waals surface area contributed by atoms with Crippen molar-refractivity contribution >= 4 is 0 Å². The van der Waals surface area contributed by atoms with Gasteiger partial charge in [-0.2, -0.15) is 5.26 Å². The van der Waals surface area contributed by atoms with Crippen LogP contribution in [0.4, 0.5) is 8.78 Å². The van der Waals surface area contributed by atoms with Gasteiger partial charge in [-0.05, 0) is 13.1 Å². The number of hydrogen-bond donors (Lipinski definition) is 1. The van der Waals surface area contributed by atoms with Crippen LogP contribution < -0.4 is 0 Å². The van der Waals surface area contributed by atoms with Gasteiger partial charge < -0.3 is 5.11 Å². The van der Waals surface area contributed by atoms with Crippen molar-refractivity contribution in [2.75, 3.05) is 20.1 Å². The van der Waals surface area contributed by atoms with Crippen LogP contribution in [-0.2, 0) is 0 Å². The summed E-state index contributed by atoms with van der Waals surface area (Å²) in [5.74, 6) is -1.46. The average Bonchev–Trinajstić information content (AvgIpc) is 2.17. The summed E-state index contributed by atoms with van der Waals surface area (Å²) in [7, 11) is 1.63. The van der Waals surface area contributed by atoms with Crippen molar-refractivity contribution in [2.45, 2.75) is 6.10 Å². The molecule has 0 amide bonds. The maximum atomic E-state index is 13.3. The Morgan fingerprint density at radius 3 is 2.75 bits per heavy atom. The second-order valence-corrected chi connectivity index (χ2v) is 3.54. The van der Waals surface area contributed by atoms with Gasteiger partial charge in [0.15, 0.2) is 0 Å². The van der Waals surface area contributed by atoms with Crippen molar-refractivity contribution in [1.82, 2.24) is 4.90 Å². The predicted molar refractivity (Wildman–Crippen MR) is 54.4 cm³/mol. The van der Waals surface area contributed by atoms with Gasteiger partial charge >= 0.3 is 0 Å². The highest BCUT2D eigenvalue weighted by molar-refractivity contribution is 5.21. The summed E-state index contributed by atoms with van der Waals surface area (Å²) in [5.41, 5.74) is 0.0335. The van der Waals surface area contributed by atoms with Crippen molar-refractivity contribution in [1.29, 1.82) is 5.26 Å². The highest BCUT2D eigenvalue weighted by Crippen LogP contribution is 2.18. The zero-order valence-corrected chi connectivity index (χ0v) is 8.82. The third-order valence-corrected chi connectivity index (χ3v) is 2.15. The van der Waals surface area contributed by atoms with Gasteiger partial charge in [-0.25, -0.2) is 8.78 Å². The molecule has 0 radical (unpaired) electrons. The van der Waals surface area contributed by atoms with Gasteiger partial charge in [0.25, 0.3) is 0 Å². The van der Waals surface area contributed by atoms with Gasteiger partial charge in [-0.1, -0.05) is 6.07 Å². The van der Waals surface area contributed by atoms with Crippen molar-refractivity contribution in [3.8, 4) is 6.07 Å². The molecule has 1 unspecified atom stereocenters. The molecule has 0 aliphatic rings. The molecule has 86 valence electrons. The Labute approximate surface area is 92.5 Å². The highest BCUT2D eigenvalue weighted by Gasteiger charge is 2.15. The van der Waals surface area contributed by atoms with Crippen LogP contribution in [0.25, 0.3) is 0 Å². The first-order valence-electron chi connectivity index (χ1n) is 4.73. The Balaban J connectivity index is 2.73. The number of halogens is 2. The van der Waals surface area contributed by atoms with E-state index in [0.29, 0.717) is 0 Å². The maximum Gasteiger partial charge on any atom is 0.131 e. The van der Waals surface area contributed by atoms with Crippen molar-refractivity contribution in [3.05, 3.63) is 35.4 Å². The van der Waals surface area contributed by atoms with Crippen LogP contribution in [0.15, 0.2) is 18.2 Å². The fourth-order valence-corrected chi connectivity index (χ4v) is 1.35. The lowest BCUT2D eigenvalue weighted by molar-refractivity contribution is 0.129. The van der Waals surface area contributed by atoms with E-state index >= 15 is 0 Å². The molecule has 1 atom stereocenters. The molecule has 0 saturated heterocycles. The fourth-order valence-electron chi connectivity index (χ4n) is 1.35. The number of nitriles is 1. The van der Waals surface area contributed by atoms with E-state index in [4.69, 9.17) is 5.26 Å². The summed E-state index contributed by atoms with van der Waals surface area (Å²) in [5, 5.41) is 18.1. The van der Waals surface area contributed by atoms with Crippen LogP contribution in [-0.4, -0.2) is 30.1 Å². The first kappa shape index (κ1) is 12.6. The molecule has 0 bridgehead atoms. The smallest absolute Gasteiger partial charge is 0.131 e. The highest BCUT2D eigenvalue weighted by atomic mass is 19.1. The lowest BCUT2D eigenvalue weighted by Gasteiger charge is -2.18. The van der Waals surface area contributed by atoms with E-state index in [0.717, 1.165) is 12.1 Å². The lowest BCUT2D eigenvalue weighted by Crippen LogP contribution is -2.25. The molecule has 1 aromatic rings. The molecule has 16 heavy (non-hydrogen) atoms. The Kier molecular flexibility index (Phi) is 4.35. The van der Waals surface area contributed by atoms with Gasteiger partial charge in [-0.15, -0.1) is 0 Å². The van der Waals surface area contributed by atoms with E-state index in [1.54, 1.807) is 11.9 Å². The summed E-state index contributed by atoms with van der Waals surface area (Å²) in [6, 6.07) is 4.93. The van der Waals surface area contributed by atoms with Gasteiger partial charge in [-0.3, -0.25) is 4.90 Å². The molecule has 0 aliphatic heterocycles. The Morgan fingerprint density at radius 1 is 1.50 bits per heavy atom. The normalized spacial score (nSPS) is 12.5. The fraction of sp³-hybridized carbons (Fsp3) is 0.364. The molecule has 3 nitrogen and oxygen atoms in total. The van der Waals surface area contributed by atoms with Gasteiger partial charge in [0.05, 0.1) is 18.7 Å². The zero-order valence-electron chi connectivity index (χ0n) is 8.82. The van der Waals surface area contributed by atoms with Crippen LogP contribution in [0, 0.1) is 23.0 Å². The Bertz CT molecular complexity index is 403. The van der Waals surface area contributed by atoms with Gasteiger partial charge in [0.1, 0.15) is 11.6 Å². The Hall–Kier alpha value is -1.51. The molecule has 0 aliphatic carbocycles. The van der Waals surface area contributed by atoms with E-state index in [1.807, 2.05) is 6.07 Å². The minimum atomic E-state index is -1.07. The predicted octanol–water partition coefficient (Wildman–Crippen LogP) is 1.45. The molecule has 0 spiro atoms. The minimum absolute atomic E-state index is 0.0335. The third kappa shape index (κ3) is 3.26. The summed E-state index contributed by atoms with van der Waals surface area (Å²) in [6.07, 6.45) is -1.07. The van der Waals surface area contributed by atoms with Crippen LogP contribution in [0.2, 0.25) is 0 Å². The van der Waals surface area contributed by atoms with E-state index < -0.39 is 17.7 Å². The third-order valence-electron chi connectivity index (χ3n) is 2.15. The number of likely N-dealkylation sites (N-methyl/N-ethyl adjacent to an activating group) is 1. The first-order chi connectivity index (χ1) is 7.54. The van der Waals surface area contributed by atoms with Gasteiger partial charge in [0, 0.05) is 18.2 Å². The number of nitrogens with zero attached hydrogens (tertiary/aromatic N) is 2. The molecule has 0 saturated carbocycles. The molecule has 0 fully saturated rings. The summed E-state index contributed by atoms with van der Waals surface area (Å²) >= 11 is 0. The van der Waals surface area contributed by atoms with Crippen molar-refractivity contribution in [3.63, 3.8) is 0 Å². The largest absolute Gasteiger partial charge is 0.387 e. The molecular weight excluding hydrogens is 214 g/mol. The second-order valence-electron chi connectivity index (χ2n) is 3.54. The zero-order chi connectivity index (χ0) is 12.1. The minimum Gasteiger partial charge on any atom is -0.387 e. The van der Waals surface area contributed by atoms with Crippen LogP contribution in [0.3, 0.4) is 0 Å². The maximum absolute atomic E-state index is 13.3. The van der Waals surface area contributed by atoms with Crippen molar-refractivity contribution in [2.24, 2.45) is 0 Å². The number of benzene rings is 1. The lowest BCUT2D eigenvalue weighted by atomic mass is 10.1. The SMILES string of the molecule is CN(CC#N)CC(O)c1ccc(F)cc1F. The number of aliphatic hydroxyl groups excluding tert-OH is 1. The van der Waals surface area contributed by atoms with E-state index in [9.17, 15) is 13.9 Å². The number of aliphatic hydroxyl groups is 1. The van der Waals surface area contributed by atoms with Gasteiger partial charge in [0.2, 0.25) is 0 Å². The molecular formula is C11H12F2N2O. The van der Waals surface area contributed by atoms with E-state index in [1.165, 1.54) is 6.07 Å². The first-order valence-corrected chi connectivity index (χ1v) is 4.73. The van der Waals surface area contributed by atoms with Crippen LogP contribution >= 0.6 is 0 Å². The monoisotopic (exact) mass is 226 g/mol. The number of rotatable bonds is 4. The molecule has 5 heteroatoms. The standard InChI is InChI=1S/C11H12F2N2O/c1-15(5-4-14)7-11(16)9-3-2-8(12)6-10(9)13/h2-3,6,11,16H,5,7H2,1H3. The average molecular weight is 226 g/mol. The summed E-state index contributed by atoms with van der Waals surface area (Å²) in [6.45, 7) is 0.260. The molecule has 0 heterocycles. The molecule has 1 aromatic carbocycles.